The molecule has 0 saturated heterocycles. The van der Waals surface area contributed by atoms with E-state index in [1.54, 1.807) is 0 Å². The van der Waals surface area contributed by atoms with Crippen LogP contribution in [0.4, 0.5) is 0 Å². The minimum absolute atomic E-state index is 0.109. The lowest BCUT2D eigenvalue weighted by atomic mass is 9.94. The Morgan fingerprint density at radius 1 is 1.27 bits per heavy atom. The molecule has 0 spiro atoms. The Bertz CT molecular complexity index is 692. The minimum atomic E-state index is -0.109. The van der Waals surface area contributed by atoms with E-state index in [4.69, 9.17) is 0 Å². The molecule has 0 unspecified atom stereocenters. The number of nitrogens with zero attached hydrogens (tertiary/aromatic N) is 4. The van der Waals surface area contributed by atoms with Gasteiger partial charge in [-0.05, 0) is 45.6 Å². The Morgan fingerprint density at radius 3 is 2.86 bits per heavy atom. The molecule has 116 valence electrons. The largest absolute Gasteiger partial charge is 0.349 e. The molecule has 0 fully saturated rings. The van der Waals surface area contributed by atoms with Crippen molar-refractivity contribution in [1.82, 2.24) is 25.1 Å². The van der Waals surface area contributed by atoms with Crippen LogP contribution in [0.1, 0.15) is 46.0 Å². The maximum absolute atomic E-state index is 12.4. The van der Waals surface area contributed by atoms with Crippen LogP contribution < -0.4 is 5.32 Å². The molecule has 2 aromatic heterocycles. The lowest BCUT2D eigenvalue weighted by molar-refractivity contribution is 0.0945. The van der Waals surface area contributed by atoms with Crippen LogP contribution in [-0.4, -0.2) is 32.2 Å². The topological polar surface area (TPSA) is 72.7 Å². The van der Waals surface area contributed by atoms with Crippen LogP contribution in [0.5, 0.6) is 0 Å². The van der Waals surface area contributed by atoms with Gasteiger partial charge in [0.15, 0.2) is 0 Å². The molecule has 0 radical (unpaired) electrons. The summed E-state index contributed by atoms with van der Waals surface area (Å²) in [5.41, 5.74) is 4.69. The zero-order valence-corrected chi connectivity index (χ0v) is 13.1. The smallest absolute Gasteiger partial charge is 0.270 e. The highest BCUT2D eigenvalue weighted by atomic mass is 16.1. The van der Waals surface area contributed by atoms with Crippen molar-refractivity contribution < 1.29 is 4.79 Å². The number of aromatic nitrogens is 4. The van der Waals surface area contributed by atoms with Crippen LogP contribution in [0.25, 0.3) is 0 Å². The highest BCUT2D eigenvalue weighted by molar-refractivity contribution is 5.93. The first-order chi connectivity index (χ1) is 10.6. The van der Waals surface area contributed by atoms with Crippen molar-refractivity contribution in [1.29, 1.82) is 0 Å². The monoisotopic (exact) mass is 299 g/mol. The van der Waals surface area contributed by atoms with E-state index in [9.17, 15) is 4.79 Å². The quantitative estimate of drug-likeness (QED) is 0.930. The first-order valence-corrected chi connectivity index (χ1v) is 7.77. The lowest BCUT2D eigenvalue weighted by Crippen LogP contribution is -2.30. The second-order valence-electron chi connectivity index (χ2n) is 5.76. The molecule has 6 heteroatoms. The third-order valence-corrected chi connectivity index (χ3v) is 4.05. The van der Waals surface area contributed by atoms with Gasteiger partial charge in [-0.2, -0.15) is 5.10 Å². The summed E-state index contributed by atoms with van der Waals surface area (Å²) in [6.07, 6.45) is 5.59. The van der Waals surface area contributed by atoms with E-state index >= 15 is 0 Å². The fourth-order valence-electron chi connectivity index (χ4n) is 2.98. The third-order valence-electron chi connectivity index (χ3n) is 4.05. The number of rotatable bonds is 4. The van der Waals surface area contributed by atoms with Crippen LogP contribution in [0.2, 0.25) is 0 Å². The number of hydrogen-bond donors (Lipinski definition) is 1. The van der Waals surface area contributed by atoms with Crippen LogP contribution in [-0.2, 0) is 19.4 Å². The van der Waals surface area contributed by atoms with Gasteiger partial charge < -0.3 is 5.32 Å². The van der Waals surface area contributed by atoms with Crippen LogP contribution in [0.15, 0.2) is 12.4 Å². The molecule has 1 N–H and O–H groups in total. The SMILES string of the molecule is Cc1cc(C)n(CCNC(=O)c2ncnc3c2CCCC3)n1. The van der Waals surface area contributed by atoms with Gasteiger partial charge in [0.2, 0.25) is 0 Å². The summed E-state index contributed by atoms with van der Waals surface area (Å²) in [6, 6.07) is 2.03. The molecule has 2 aromatic rings. The van der Waals surface area contributed by atoms with Gasteiger partial charge >= 0.3 is 0 Å². The van der Waals surface area contributed by atoms with E-state index in [0.717, 1.165) is 48.3 Å². The van der Waals surface area contributed by atoms with E-state index in [0.29, 0.717) is 18.8 Å². The summed E-state index contributed by atoms with van der Waals surface area (Å²) in [7, 11) is 0. The van der Waals surface area contributed by atoms with Crippen molar-refractivity contribution in [2.45, 2.75) is 46.1 Å². The summed E-state index contributed by atoms with van der Waals surface area (Å²) < 4.78 is 1.91. The van der Waals surface area contributed by atoms with Crippen LogP contribution in [0, 0.1) is 13.8 Å². The summed E-state index contributed by atoms with van der Waals surface area (Å²) in [5, 5.41) is 7.33. The normalized spacial score (nSPS) is 13.7. The number of amides is 1. The Balaban J connectivity index is 1.64. The number of carbonyl (C=O) groups is 1. The molecule has 0 atom stereocenters. The van der Waals surface area contributed by atoms with Crippen molar-refractivity contribution >= 4 is 5.91 Å². The summed E-state index contributed by atoms with van der Waals surface area (Å²) in [5.74, 6) is -0.109. The molecule has 0 bridgehead atoms. The predicted molar refractivity (Wildman–Crippen MR) is 82.7 cm³/mol. The van der Waals surface area contributed by atoms with Crippen molar-refractivity contribution in [2.24, 2.45) is 0 Å². The molecular formula is C16H21N5O. The molecule has 0 saturated carbocycles. The Kier molecular flexibility index (Phi) is 4.18. The second kappa shape index (κ2) is 6.25. The maximum atomic E-state index is 12.4. The van der Waals surface area contributed by atoms with E-state index in [2.05, 4.69) is 20.4 Å². The van der Waals surface area contributed by atoms with Gasteiger partial charge in [0, 0.05) is 23.5 Å². The fraction of sp³-hybridized carbons (Fsp3) is 0.500. The van der Waals surface area contributed by atoms with Gasteiger partial charge in [0.1, 0.15) is 12.0 Å². The molecule has 1 aliphatic carbocycles. The average Bonchev–Trinajstić information content (AvgIpc) is 2.84. The molecule has 22 heavy (non-hydrogen) atoms. The van der Waals surface area contributed by atoms with Crippen molar-refractivity contribution in [3.63, 3.8) is 0 Å². The van der Waals surface area contributed by atoms with Gasteiger partial charge in [-0.1, -0.05) is 0 Å². The number of aryl methyl sites for hydroxylation is 3. The molecule has 1 aliphatic rings. The summed E-state index contributed by atoms with van der Waals surface area (Å²) >= 11 is 0. The molecule has 2 heterocycles. The van der Waals surface area contributed by atoms with Gasteiger partial charge in [0.05, 0.1) is 12.2 Å². The Labute approximate surface area is 130 Å². The highest BCUT2D eigenvalue weighted by Crippen LogP contribution is 2.21. The van der Waals surface area contributed by atoms with E-state index in [1.165, 1.54) is 6.33 Å². The number of nitrogens with one attached hydrogen (secondary N) is 1. The molecule has 1 amide bonds. The second-order valence-corrected chi connectivity index (χ2v) is 5.76. The molecule has 6 nitrogen and oxygen atoms in total. The van der Waals surface area contributed by atoms with E-state index in [1.807, 2.05) is 24.6 Å². The molecule has 0 aromatic carbocycles. The van der Waals surface area contributed by atoms with Crippen molar-refractivity contribution in [3.8, 4) is 0 Å². The fourth-order valence-corrected chi connectivity index (χ4v) is 2.98. The Morgan fingerprint density at radius 2 is 2.09 bits per heavy atom. The number of fused-ring (bicyclic) bond motifs is 1. The van der Waals surface area contributed by atoms with E-state index < -0.39 is 0 Å². The first-order valence-electron chi connectivity index (χ1n) is 7.77. The highest BCUT2D eigenvalue weighted by Gasteiger charge is 2.19. The zero-order chi connectivity index (χ0) is 15.5. The Hall–Kier alpha value is -2.24. The van der Waals surface area contributed by atoms with Gasteiger partial charge in [-0.15, -0.1) is 0 Å². The third kappa shape index (κ3) is 3.00. The predicted octanol–water partition coefficient (Wildman–Crippen LogP) is 1.60. The molecular weight excluding hydrogens is 278 g/mol. The van der Waals surface area contributed by atoms with Gasteiger partial charge in [-0.3, -0.25) is 9.48 Å². The van der Waals surface area contributed by atoms with Crippen LogP contribution in [0.3, 0.4) is 0 Å². The van der Waals surface area contributed by atoms with Crippen LogP contribution >= 0.6 is 0 Å². The van der Waals surface area contributed by atoms with E-state index in [-0.39, 0.29) is 5.91 Å². The number of hydrogen-bond acceptors (Lipinski definition) is 4. The molecule has 3 rings (SSSR count). The summed E-state index contributed by atoms with van der Waals surface area (Å²) in [6.45, 7) is 5.19. The maximum Gasteiger partial charge on any atom is 0.270 e. The average molecular weight is 299 g/mol. The zero-order valence-electron chi connectivity index (χ0n) is 13.1. The standard InChI is InChI=1S/C16H21N5O/c1-11-9-12(2)21(20-11)8-7-17-16(22)15-13-5-3-4-6-14(13)18-10-19-15/h9-10H,3-8H2,1-2H3,(H,17,22). The minimum Gasteiger partial charge on any atom is -0.349 e. The van der Waals surface area contributed by atoms with Crippen molar-refractivity contribution in [2.75, 3.05) is 6.54 Å². The van der Waals surface area contributed by atoms with Crippen molar-refractivity contribution in [3.05, 3.63) is 40.7 Å². The first kappa shape index (κ1) is 14.7. The lowest BCUT2D eigenvalue weighted by Gasteiger charge is -2.16. The summed E-state index contributed by atoms with van der Waals surface area (Å²) in [4.78, 5) is 20.9. The molecule has 0 aliphatic heterocycles. The van der Waals surface area contributed by atoms with Gasteiger partial charge in [0.25, 0.3) is 5.91 Å². The van der Waals surface area contributed by atoms with Gasteiger partial charge in [-0.25, -0.2) is 9.97 Å². The number of carbonyl (C=O) groups excluding carboxylic acids is 1.